The van der Waals surface area contributed by atoms with E-state index in [4.69, 9.17) is 0 Å². The summed E-state index contributed by atoms with van der Waals surface area (Å²) in [6, 6.07) is 0. The second kappa shape index (κ2) is 5.56. The largest absolute Gasteiger partial charge is 0.0594 e. The molecule has 2 aliphatic rings. The Morgan fingerprint density at radius 2 is 0.875 bits per heavy atom. The van der Waals surface area contributed by atoms with Gasteiger partial charge in [-0.1, -0.05) is 58.8 Å². The number of hydrogen-bond donors (Lipinski definition) is 0. The van der Waals surface area contributed by atoms with Crippen molar-refractivity contribution in [2.75, 3.05) is 0 Å². The van der Waals surface area contributed by atoms with Crippen LogP contribution in [-0.2, 0) is 0 Å². The third kappa shape index (κ3) is 2.81. The molecule has 0 N–H and O–H groups in total. The van der Waals surface area contributed by atoms with Crippen LogP contribution in [0.4, 0.5) is 0 Å². The first-order chi connectivity index (χ1) is 7.71. The minimum absolute atomic E-state index is 0.630. The Kier molecular flexibility index (Phi) is 4.33. The Hall–Kier alpha value is 0. The van der Waals surface area contributed by atoms with E-state index in [2.05, 4.69) is 13.8 Å². The summed E-state index contributed by atoms with van der Waals surface area (Å²) in [5, 5.41) is 0. The summed E-state index contributed by atoms with van der Waals surface area (Å²) in [4.78, 5) is 0. The van der Waals surface area contributed by atoms with Crippen LogP contribution in [0, 0.1) is 17.3 Å². The molecule has 0 aromatic heterocycles. The quantitative estimate of drug-likeness (QED) is 0.536. The van der Waals surface area contributed by atoms with Crippen LogP contribution in [0.15, 0.2) is 0 Å². The highest BCUT2D eigenvalue weighted by Gasteiger charge is 2.37. The first-order valence-corrected chi connectivity index (χ1v) is 7.71. The molecule has 0 aromatic rings. The zero-order valence-corrected chi connectivity index (χ0v) is 11.4. The van der Waals surface area contributed by atoms with Crippen molar-refractivity contribution in [1.82, 2.24) is 0 Å². The van der Waals surface area contributed by atoms with E-state index in [1.165, 1.54) is 70.6 Å². The van der Waals surface area contributed by atoms with Gasteiger partial charge in [0.05, 0.1) is 0 Å². The minimum atomic E-state index is 0.630. The summed E-state index contributed by atoms with van der Waals surface area (Å²) in [5.74, 6) is 2.06. The maximum atomic E-state index is 2.58. The van der Waals surface area contributed by atoms with Crippen molar-refractivity contribution in [1.29, 1.82) is 0 Å². The molecule has 0 nitrogen and oxygen atoms in total. The van der Waals surface area contributed by atoms with Crippen molar-refractivity contribution in [3.05, 3.63) is 0 Å². The third-order valence-corrected chi connectivity index (χ3v) is 5.56. The maximum absolute atomic E-state index is 2.58. The van der Waals surface area contributed by atoms with Gasteiger partial charge in [-0.25, -0.2) is 0 Å². The summed E-state index contributed by atoms with van der Waals surface area (Å²) in [5.41, 5.74) is 0.630. The van der Waals surface area contributed by atoms with Gasteiger partial charge in [-0.3, -0.25) is 0 Å². The van der Waals surface area contributed by atoms with E-state index >= 15 is 0 Å². The van der Waals surface area contributed by atoms with Crippen LogP contribution >= 0.6 is 0 Å². The smallest absolute Gasteiger partial charge is 0.0298 e. The number of rotatable bonds is 2. The highest BCUT2D eigenvalue weighted by Crippen LogP contribution is 2.47. The summed E-state index contributed by atoms with van der Waals surface area (Å²) >= 11 is 0. The fourth-order valence-electron chi connectivity index (χ4n) is 4.20. The summed E-state index contributed by atoms with van der Waals surface area (Å²) < 4.78 is 0. The zero-order valence-electron chi connectivity index (χ0n) is 11.4. The van der Waals surface area contributed by atoms with Gasteiger partial charge in [0.1, 0.15) is 0 Å². The van der Waals surface area contributed by atoms with Crippen molar-refractivity contribution >= 4 is 0 Å². The molecular formula is C16H30. The Bertz CT molecular complexity index is 190. The molecule has 0 atom stereocenters. The van der Waals surface area contributed by atoms with Crippen LogP contribution in [-0.4, -0.2) is 0 Å². The maximum Gasteiger partial charge on any atom is -0.0298 e. The molecule has 94 valence electrons. The molecular weight excluding hydrogens is 192 g/mol. The molecule has 0 amide bonds. The average molecular weight is 222 g/mol. The van der Waals surface area contributed by atoms with Crippen molar-refractivity contribution in [2.24, 2.45) is 17.3 Å². The predicted octanol–water partition coefficient (Wildman–Crippen LogP) is 5.56. The van der Waals surface area contributed by atoms with E-state index in [9.17, 15) is 0 Å². The minimum Gasteiger partial charge on any atom is -0.0594 e. The fraction of sp³-hybridized carbons (Fsp3) is 1.00. The van der Waals surface area contributed by atoms with E-state index in [-0.39, 0.29) is 0 Å². The van der Waals surface area contributed by atoms with Gasteiger partial charge < -0.3 is 0 Å². The van der Waals surface area contributed by atoms with Crippen LogP contribution < -0.4 is 0 Å². The molecule has 0 heteroatoms. The van der Waals surface area contributed by atoms with Gasteiger partial charge in [-0.2, -0.15) is 0 Å². The lowest BCUT2D eigenvalue weighted by molar-refractivity contribution is 0.0725. The first-order valence-electron chi connectivity index (χ1n) is 7.71. The van der Waals surface area contributed by atoms with Crippen molar-refractivity contribution < 1.29 is 0 Å². The van der Waals surface area contributed by atoms with E-state index in [1.54, 1.807) is 0 Å². The lowest BCUT2D eigenvalue weighted by Gasteiger charge is -2.43. The van der Waals surface area contributed by atoms with Gasteiger partial charge in [0, 0.05) is 0 Å². The molecule has 0 bridgehead atoms. The topological polar surface area (TPSA) is 0 Å². The molecule has 0 unspecified atom stereocenters. The SMILES string of the molecule is CC(C)(C1CCCCCC1)C1CCCCC1. The van der Waals surface area contributed by atoms with Crippen LogP contribution in [0.5, 0.6) is 0 Å². The third-order valence-electron chi connectivity index (χ3n) is 5.56. The monoisotopic (exact) mass is 222 g/mol. The molecule has 0 spiro atoms. The summed E-state index contributed by atoms with van der Waals surface area (Å²) in [6.07, 6.45) is 16.6. The molecule has 0 aliphatic heterocycles. The summed E-state index contributed by atoms with van der Waals surface area (Å²) in [6.45, 7) is 5.16. The standard InChI is InChI=1S/C16H30/c1-16(2,15-12-8-5-9-13-15)14-10-6-3-4-7-11-14/h14-15H,3-13H2,1-2H3. The first kappa shape index (κ1) is 12.5. The van der Waals surface area contributed by atoms with Gasteiger partial charge in [-0.15, -0.1) is 0 Å². The fourth-order valence-corrected chi connectivity index (χ4v) is 4.20. The Labute approximate surface area is 102 Å². The second-order valence-electron chi connectivity index (χ2n) is 6.84. The van der Waals surface area contributed by atoms with Gasteiger partial charge >= 0.3 is 0 Å². The highest BCUT2D eigenvalue weighted by atomic mass is 14.4. The van der Waals surface area contributed by atoms with Crippen molar-refractivity contribution in [3.8, 4) is 0 Å². The molecule has 0 aromatic carbocycles. The predicted molar refractivity (Wildman–Crippen MR) is 71.5 cm³/mol. The van der Waals surface area contributed by atoms with Gasteiger partial charge in [0.15, 0.2) is 0 Å². The Morgan fingerprint density at radius 1 is 0.562 bits per heavy atom. The van der Waals surface area contributed by atoms with E-state index in [1.807, 2.05) is 0 Å². The molecule has 2 aliphatic carbocycles. The van der Waals surface area contributed by atoms with E-state index in [0.29, 0.717) is 5.41 Å². The van der Waals surface area contributed by atoms with Gasteiger partial charge in [0.25, 0.3) is 0 Å². The average Bonchev–Trinajstić information content (AvgIpc) is 2.59. The molecule has 2 saturated carbocycles. The molecule has 0 radical (unpaired) electrons. The Balaban J connectivity index is 1.97. The molecule has 0 saturated heterocycles. The van der Waals surface area contributed by atoms with Crippen LogP contribution in [0.1, 0.15) is 84.5 Å². The lowest BCUT2D eigenvalue weighted by atomic mass is 9.62. The van der Waals surface area contributed by atoms with Crippen LogP contribution in [0.25, 0.3) is 0 Å². The van der Waals surface area contributed by atoms with E-state index in [0.717, 1.165) is 11.8 Å². The van der Waals surface area contributed by atoms with Crippen LogP contribution in [0.3, 0.4) is 0 Å². The van der Waals surface area contributed by atoms with Gasteiger partial charge in [-0.05, 0) is 42.9 Å². The molecule has 16 heavy (non-hydrogen) atoms. The lowest BCUT2D eigenvalue weighted by Crippen LogP contribution is -2.33. The molecule has 2 rings (SSSR count). The summed E-state index contributed by atoms with van der Waals surface area (Å²) in [7, 11) is 0. The number of hydrogen-bond acceptors (Lipinski definition) is 0. The van der Waals surface area contributed by atoms with Crippen molar-refractivity contribution in [2.45, 2.75) is 84.5 Å². The molecule has 0 heterocycles. The normalized spacial score (nSPS) is 26.6. The highest BCUT2D eigenvalue weighted by molar-refractivity contribution is 4.87. The Morgan fingerprint density at radius 3 is 1.25 bits per heavy atom. The molecule has 2 fully saturated rings. The zero-order chi connectivity index (χ0) is 11.4. The van der Waals surface area contributed by atoms with Crippen molar-refractivity contribution in [3.63, 3.8) is 0 Å². The second-order valence-corrected chi connectivity index (χ2v) is 6.84. The van der Waals surface area contributed by atoms with E-state index < -0.39 is 0 Å². The van der Waals surface area contributed by atoms with Gasteiger partial charge in [0.2, 0.25) is 0 Å². The van der Waals surface area contributed by atoms with Crippen LogP contribution in [0.2, 0.25) is 0 Å².